The number of carbonyl (C=O) groups excluding carboxylic acids is 1. The first kappa shape index (κ1) is 61.2. The van der Waals surface area contributed by atoms with Gasteiger partial charge in [0.15, 0.2) is 0 Å². The molecule has 0 radical (unpaired) electrons. The molecular formula is C55H95N2O6P. The van der Waals surface area contributed by atoms with Crippen LogP contribution in [0.1, 0.15) is 181 Å². The molecule has 0 spiro atoms. The van der Waals surface area contributed by atoms with Gasteiger partial charge in [0.1, 0.15) is 13.2 Å². The quantitative estimate of drug-likeness (QED) is 0.0273. The van der Waals surface area contributed by atoms with E-state index in [1.165, 1.54) is 77.0 Å². The van der Waals surface area contributed by atoms with Gasteiger partial charge in [-0.1, -0.05) is 194 Å². The highest BCUT2D eigenvalue weighted by molar-refractivity contribution is 7.45. The first-order valence-corrected chi connectivity index (χ1v) is 26.7. The summed E-state index contributed by atoms with van der Waals surface area (Å²) in [4.78, 5) is 25.3. The maximum absolute atomic E-state index is 12.9. The summed E-state index contributed by atoms with van der Waals surface area (Å²) in [5.41, 5.74) is 0. The Morgan fingerprint density at radius 2 is 0.969 bits per heavy atom. The van der Waals surface area contributed by atoms with Gasteiger partial charge in [0.25, 0.3) is 7.82 Å². The largest absolute Gasteiger partial charge is 0.756 e. The zero-order valence-electron chi connectivity index (χ0n) is 41.4. The van der Waals surface area contributed by atoms with Crippen LogP contribution in [0.15, 0.2) is 109 Å². The number of hydrogen-bond acceptors (Lipinski definition) is 6. The van der Waals surface area contributed by atoms with Gasteiger partial charge in [0.05, 0.1) is 39.9 Å². The molecule has 0 aliphatic carbocycles. The SMILES string of the molecule is CC/C=C\C/C=C\C/C=C\C/C=C\C/C=C\C/C=C\C/C=C\CCCCCCCCCCCCCC(=O)NC(COP(=O)([O-])OCC[N+](C)(C)C)C(O)/C=C/CC/C=C/CCCCC. The van der Waals surface area contributed by atoms with Crippen molar-refractivity contribution in [1.82, 2.24) is 5.32 Å². The van der Waals surface area contributed by atoms with Crippen molar-refractivity contribution in [2.75, 3.05) is 40.9 Å². The van der Waals surface area contributed by atoms with Crippen molar-refractivity contribution < 1.29 is 32.9 Å². The molecule has 2 N–H and O–H groups in total. The smallest absolute Gasteiger partial charge is 0.268 e. The fourth-order valence-corrected chi connectivity index (χ4v) is 7.22. The van der Waals surface area contributed by atoms with Gasteiger partial charge in [-0.15, -0.1) is 0 Å². The lowest BCUT2D eigenvalue weighted by atomic mass is 10.0. The Balaban J connectivity index is 4.10. The Bertz CT molecular complexity index is 1400. The Hall–Kier alpha value is -2.84. The number of quaternary nitrogens is 1. The topological polar surface area (TPSA) is 108 Å². The molecule has 0 aliphatic heterocycles. The van der Waals surface area contributed by atoms with E-state index in [9.17, 15) is 19.4 Å². The minimum absolute atomic E-state index is 0.0124. The minimum atomic E-state index is -4.60. The van der Waals surface area contributed by atoms with Crippen LogP contribution < -0.4 is 10.2 Å². The third kappa shape index (κ3) is 47.1. The molecule has 0 heterocycles. The van der Waals surface area contributed by atoms with Crippen molar-refractivity contribution in [3.05, 3.63) is 109 Å². The van der Waals surface area contributed by atoms with Crippen LogP contribution in [-0.4, -0.2) is 68.5 Å². The second-order valence-corrected chi connectivity index (χ2v) is 19.2. The maximum atomic E-state index is 12.9. The Kier molecular flexibility index (Phi) is 43.3. The third-order valence-electron chi connectivity index (χ3n) is 10.5. The van der Waals surface area contributed by atoms with Crippen molar-refractivity contribution >= 4 is 13.7 Å². The summed E-state index contributed by atoms with van der Waals surface area (Å²) in [6.45, 7) is 4.43. The van der Waals surface area contributed by atoms with Gasteiger partial charge in [-0.3, -0.25) is 9.36 Å². The van der Waals surface area contributed by atoms with E-state index in [0.717, 1.165) is 83.5 Å². The molecule has 0 saturated heterocycles. The molecule has 3 atom stereocenters. The number of hydrogen-bond donors (Lipinski definition) is 2. The van der Waals surface area contributed by atoms with Gasteiger partial charge in [-0.05, 0) is 89.9 Å². The van der Waals surface area contributed by atoms with E-state index in [4.69, 9.17) is 9.05 Å². The highest BCUT2D eigenvalue weighted by Crippen LogP contribution is 2.38. The molecule has 0 bridgehead atoms. The van der Waals surface area contributed by atoms with Crippen LogP contribution in [0.5, 0.6) is 0 Å². The second-order valence-electron chi connectivity index (χ2n) is 17.8. The summed E-state index contributed by atoms with van der Waals surface area (Å²) in [7, 11) is 1.22. The average Bonchev–Trinajstić information content (AvgIpc) is 3.25. The molecule has 64 heavy (non-hydrogen) atoms. The molecule has 0 fully saturated rings. The van der Waals surface area contributed by atoms with Gasteiger partial charge < -0.3 is 28.8 Å². The number of amides is 1. The highest BCUT2D eigenvalue weighted by Gasteiger charge is 2.23. The van der Waals surface area contributed by atoms with Gasteiger partial charge in [-0.25, -0.2) is 0 Å². The van der Waals surface area contributed by atoms with E-state index in [1.807, 2.05) is 27.2 Å². The number of aliphatic hydroxyl groups excluding tert-OH is 1. The lowest BCUT2D eigenvalue weighted by Crippen LogP contribution is -2.45. The van der Waals surface area contributed by atoms with Gasteiger partial charge in [0.2, 0.25) is 5.91 Å². The predicted molar refractivity (Wildman–Crippen MR) is 274 cm³/mol. The van der Waals surface area contributed by atoms with Crippen LogP contribution in [-0.2, 0) is 18.4 Å². The number of carbonyl (C=O) groups is 1. The molecule has 366 valence electrons. The molecule has 1 amide bonds. The molecule has 0 aromatic rings. The number of likely N-dealkylation sites (N-methyl/N-ethyl adjacent to an activating group) is 1. The molecule has 0 rings (SSSR count). The van der Waals surface area contributed by atoms with Crippen LogP contribution in [0.3, 0.4) is 0 Å². The fourth-order valence-electron chi connectivity index (χ4n) is 6.50. The first-order valence-electron chi connectivity index (χ1n) is 25.2. The van der Waals surface area contributed by atoms with E-state index in [0.29, 0.717) is 17.4 Å². The van der Waals surface area contributed by atoms with Crippen molar-refractivity contribution in [2.45, 2.75) is 193 Å². The van der Waals surface area contributed by atoms with Crippen LogP contribution in [0.2, 0.25) is 0 Å². The summed E-state index contributed by atoms with van der Waals surface area (Å²) in [6, 6.07) is -0.909. The molecule has 0 saturated carbocycles. The third-order valence-corrected chi connectivity index (χ3v) is 11.4. The van der Waals surface area contributed by atoms with Crippen LogP contribution in [0.4, 0.5) is 0 Å². The summed E-state index contributed by atoms with van der Waals surface area (Å²) in [5, 5.41) is 13.7. The number of phosphoric acid groups is 1. The van der Waals surface area contributed by atoms with E-state index in [-0.39, 0.29) is 12.5 Å². The van der Waals surface area contributed by atoms with E-state index in [1.54, 1.807) is 6.08 Å². The number of phosphoric ester groups is 1. The number of aliphatic hydroxyl groups is 1. The molecule has 9 heteroatoms. The molecule has 3 unspecified atom stereocenters. The summed E-state index contributed by atoms with van der Waals surface area (Å²) >= 11 is 0. The Morgan fingerprint density at radius 1 is 0.562 bits per heavy atom. The molecule has 8 nitrogen and oxygen atoms in total. The van der Waals surface area contributed by atoms with Crippen molar-refractivity contribution in [2.24, 2.45) is 0 Å². The zero-order valence-corrected chi connectivity index (χ0v) is 42.3. The van der Waals surface area contributed by atoms with Gasteiger partial charge in [-0.2, -0.15) is 0 Å². The number of nitrogens with zero attached hydrogens (tertiary/aromatic N) is 1. The number of rotatable bonds is 44. The first-order chi connectivity index (χ1) is 31.0. The number of allylic oxidation sites excluding steroid dienone is 17. The van der Waals surface area contributed by atoms with Gasteiger partial charge >= 0.3 is 0 Å². The molecule has 0 aliphatic rings. The summed E-state index contributed by atoms with van der Waals surface area (Å²) < 4.78 is 23.1. The lowest BCUT2D eigenvalue weighted by Gasteiger charge is -2.29. The molecular weight excluding hydrogens is 816 g/mol. The summed E-state index contributed by atoms with van der Waals surface area (Å²) in [5.74, 6) is -0.219. The molecule has 0 aromatic heterocycles. The highest BCUT2D eigenvalue weighted by atomic mass is 31.2. The van der Waals surface area contributed by atoms with E-state index < -0.39 is 26.6 Å². The van der Waals surface area contributed by atoms with Crippen molar-refractivity contribution in [1.29, 1.82) is 0 Å². The zero-order chi connectivity index (χ0) is 47.1. The maximum Gasteiger partial charge on any atom is 0.268 e. The average molecular weight is 911 g/mol. The number of nitrogens with one attached hydrogen (secondary N) is 1. The standard InChI is InChI=1S/C55H95N2O6P/c1-6-8-10-12-14-16-17-18-19-20-21-22-23-24-25-26-27-28-29-30-31-32-33-34-35-36-37-38-39-41-43-45-47-49-55(59)56-53(52-63-64(60,61)62-51-50-57(3,4)5)54(58)48-46-44-42-40-15-13-11-9-7-2/h8,10,14-16,18-19,21-22,24-25,27-28,30-31,40,46,48,53-54,58H,6-7,9,11-13,17,20,23,26,29,32-39,41-45,47,49-52H2,1-5H3,(H-,56,59,60,61)/b10-8-,16-14-,19-18-,22-21-,25-24-,28-27-,31-30-,40-15+,48-46+. The minimum Gasteiger partial charge on any atom is -0.756 e. The number of unbranched alkanes of at least 4 members (excludes halogenated alkanes) is 15. The molecule has 0 aromatic carbocycles. The van der Waals surface area contributed by atoms with Gasteiger partial charge in [0, 0.05) is 6.42 Å². The Morgan fingerprint density at radius 3 is 1.45 bits per heavy atom. The Labute approximate surface area is 393 Å². The summed E-state index contributed by atoms with van der Waals surface area (Å²) in [6.07, 6.45) is 66.0. The second kappa shape index (κ2) is 45.3. The normalized spacial score (nSPS) is 15.0. The van der Waals surface area contributed by atoms with Crippen LogP contribution in [0.25, 0.3) is 0 Å². The lowest BCUT2D eigenvalue weighted by molar-refractivity contribution is -0.870. The van der Waals surface area contributed by atoms with E-state index >= 15 is 0 Å². The van der Waals surface area contributed by atoms with Crippen molar-refractivity contribution in [3.8, 4) is 0 Å². The monoisotopic (exact) mass is 911 g/mol. The van der Waals surface area contributed by atoms with E-state index in [2.05, 4.69) is 116 Å². The van der Waals surface area contributed by atoms with Crippen molar-refractivity contribution in [3.63, 3.8) is 0 Å². The predicted octanol–water partition coefficient (Wildman–Crippen LogP) is 14.2. The fraction of sp³-hybridized carbons (Fsp3) is 0.655. The van der Waals surface area contributed by atoms with Crippen LogP contribution in [0, 0.1) is 0 Å². The van der Waals surface area contributed by atoms with Crippen LogP contribution >= 0.6 is 7.82 Å².